The largest absolute Gasteiger partial charge is 0.333 e. The first-order valence-corrected chi connectivity index (χ1v) is 9.21. The zero-order chi connectivity index (χ0) is 18.4. The molecule has 0 unspecified atom stereocenters. The van der Waals surface area contributed by atoms with Crippen LogP contribution in [0.1, 0.15) is 12.5 Å². The van der Waals surface area contributed by atoms with Crippen molar-refractivity contribution < 1.29 is 9.59 Å². The molecule has 0 aromatic heterocycles. The van der Waals surface area contributed by atoms with E-state index in [4.69, 9.17) is 23.2 Å². The average molecular weight is 444 g/mol. The number of carbonyl (C=O) groups excluding carboxylic acids is 2. The van der Waals surface area contributed by atoms with Gasteiger partial charge in [-0.2, -0.15) is 0 Å². The number of likely N-dealkylation sites (N-methyl/N-ethyl adjacent to an activating group) is 1. The summed E-state index contributed by atoms with van der Waals surface area (Å²) in [6.45, 7) is 2.20. The number of amides is 2. The zero-order valence-corrected chi connectivity index (χ0v) is 16.7. The zero-order valence-electron chi connectivity index (χ0n) is 13.6. The van der Waals surface area contributed by atoms with Crippen molar-refractivity contribution >= 4 is 56.6 Å². The second kappa shape index (κ2) is 9.22. The van der Waals surface area contributed by atoms with E-state index in [-0.39, 0.29) is 24.8 Å². The Kier molecular flexibility index (Phi) is 7.29. The van der Waals surface area contributed by atoms with Gasteiger partial charge in [0.1, 0.15) is 0 Å². The summed E-state index contributed by atoms with van der Waals surface area (Å²) in [7, 11) is 0. The SMILES string of the molecule is CCN(CC(=O)Nc1c(Cl)cccc1Cl)C(=O)Cc1ccc(Br)cc1. The Hall–Kier alpha value is -1.56. The predicted molar refractivity (Wildman–Crippen MR) is 105 cm³/mol. The molecule has 0 saturated carbocycles. The first-order valence-electron chi connectivity index (χ1n) is 7.66. The van der Waals surface area contributed by atoms with E-state index in [9.17, 15) is 9.59 Å². The van der Waals surface area contributed by atoms with Crippen molar-refractivity contribution in [3.05, 3.63) is 62.5 Å². The number of hydrogen-bond acceptors (Lipinski definition) is 2. The van der Waals surface area contributed by atoms with Crippen molar-refractivity contribution in [2.45, 2.75) is 13.3 Å². The van der Waals surface area contributed by atoms with Crippen molar-refractivity contribution in [2.75, 3.05) is 18.4 Å². The van der Waals surface area contributed by atoms with Crippen molar-refractivity contribution in [2.24, 2.45) is 0 Å². The topological polar surface area (TPSA) is 49.4 Å². The highest BCUT2D eigenvalue weighted by Gasteiger charge is 2.17. The average Bonchev–Trinajstić information content (AvgIpc) is 2.58. The van der Waals surface area contributed by atoms with Crippen molar-refractivity contribution in [3.63, 3.8) is 0 Å². The van der Waals surface area contributed by atoms with Gasteiger partial charge in [-0.15, -0.1) is 0 Å². The second-order valence-corrected chi connectivity index (χ2v) is 7.09. The van der Waals surface area contributed by atoms with Crippen LogP contribution in [-0.2, 0) is 16.0 Å². The van der Waals surface area contributed by atoms with Gasteiger partial charge in [-0.05, 0) is 36.8 Å². The minimum atomic E-state index is -0.346. The highest BCUT2D eigenvalue weighted by atomic mass is 79.9. The summed E-state index contributed by atoms with van der Waals surface area (Å²) in [4.78, 5) is 26.2. The molecule has 25 heavy (non-hydrogen) atoms. The Balaban J connectivity index is 1.99. The maximum absolute atomic E-state index is 12.4. The summed E-state index contributed by atoms with van der Waals surface area (Å²) in [6, 6.07) is 12.5. The highest BCUT2D eigenvalue weighted by molar-refractivity contribution is 9.10. The van der Waals surface area contributed by atoms with Crippen LogP contribution in [0.4, 0.5) is 5.69 Å². The lowest BCUT2D eigenvalue weighted by molar-refractivity contribution is -0.133. The van der Waals surface area contributed by atoms with Gasteiger partial charge >= 0.3 is 0 Å². The van der Waals surface area contributed by atoms with E-state index in [1.807, 2.05) is 31.2 Å². The molecule has 0 aliphatic heterocycles. The lowest BCUT2D eigenvalue weighted by atomic mass is 10.1. The van der Waals surface area contributed by atoms with Crippen molar-refractivity contribution in [1.82, 2.24) is 4.90 Å². The number of nitrogens with zero attached hydrogens (tertiary/aromatic N) is 1. The molecule has 4 nitrogen and oxygen atoms in total. The maximum Gasteiger partial charge on any atom is 0.244 e. The third-order valence-electron chi connectivity index (χ3n) is 3.56. The van der Waals surface area contributed by atoms with Crippen LogP contribution in [0, 0.1) is 0 Å². The lowest BCUT2D eigenvalue weighted by Crippen LogP contribution is -2.38. The maximum atomic E-state index is 12.4. The minimum absolute atomic E-state index is 0.0621. The number of benzene rings is 2. The molecule has 2 amide bonds. The van der Waals surface area contributed by atoms with Gasteiger partial charge in [-0.25, -0.2) is 0 Å². The van der Waals surface area contributed by atoms with Gasteiger partial charge in [-0.1, -0.05) is 57.3 Å². The first kappa shape index (κ1) is 19.8. The number of nitrogens with one attached hydrogen (secondary N) is 1. The number of para-hydroxylation sites is 1. The molecule has 0 bridgehead atoms. The van der Waals surface area contributed by atoms with E-state index < -0.39 is 0 Å². The Morgan fingerprint density at radius 2 is 1.68 bits per heavy atom. The summed E-state index contributed by atoms with van der Waals surface area (Å²) in [6.07, 6.45) is 0.237. The molecular weight excluding hydrogens is 427 g/mol. The molecule has 2 rings (SSSR count). The second-order valence-electron chi connectivity index (χ2n) is 5.36. The van der Waals surface area contributed by atoms with Gasteiger partial charge in [0, 0.05) is 11.0 Å². The van der Waals surface area contributed by atoms with Crippen LogP contribution < -0.4 is 5.32 Å². The molecule has 7 heteroatoms. The van der Waals surface area contributed by atoms with Gasteiger partial charge in [0.25, 0.3) is 0 Å². The number of anilines is 1. The molecule has 0 atom stereocenters. The fourth-order valence-electron chi connectivity index (χ4n) is 2.23. The summed E-state index contributed by atoms with van der Waals surface area (Å²) in [5, 5.41) is 3.37. The summed E-state index contributed by atoms with van der Waals surface area (Å²) in [5.74, 6) is -0.466. The van der Waals surface area contributed by atoms with Gasteiger partial charge in [0.15, 0.2) is 0 Å². The Morgan fingerprint density at radius 1 is 1.08 bits per heavy atom. The molecule has 2 aromatic rings. The monoisotopic (exact) mass is 442 g/mol. The van der Waals surface area contributed by atoms with E-state index in [1.165, 1.54) is 4.90 Å². The van der Waals surface area contributed by atoms with Gasteiger partial charge in [-0.3, -0.25) is 9.59 Å². The smallest absolute Gasteiger partial charge is 0.244 e. The van der Waals surface area contributed by atoms with Crippen LogP contribution in [0.25, 0.3) is 0 Å². The molecule has 2 aromatic carbocycles. The molecule has 132 valence electrons. The van der Waals surface area contributed by atoms with E-state index in [2.05, 4.69) is 21.2 Å². The predicted octanol–water partition coefficient (Wildman–Crippen LogP) is 4.79. The number of halogens is 3. The lowest BCUT2D eigenvalue weighted by Gasteiger charge is -2.21. The van der Waals surface area contributed by atoms with Crippen molar-refractivity contribution in [1.29, 1.82) is 0 Å². The quantitative estimate of drug-likeness (QED) is 0.697. The van der Waals surface area contributed by atoms with Crippen LogP contribution in [0.3, 0.4) is 0 Å². The molecule has 0 aliphatic rings. The third kappa shape index (κ3) is 5.73. The normalized spacial score (nSPS) is 10.4. The van der Waals surface area contributed by atoms with Crippen LogP contribution in [-0.4, -0.2) is 29.8 Å². The highest BCUT2D eigenvalue weighted by Crippen LogP contribution is 2.29. The van der Waals surface area contributed by atoms with E-state index in [0.29, 0.717) is 22.3 Å². The molecule has 0 fully saturated rings. The number of rotatable bonds is 6. The fraction of sp³-hybridized carbons (Fsp3) is 0.222. The Morgan fingerprint density at radius 3 is 2.24 bits per heavy atom. The number of hydrogen-bond donors (Lipinski definition) is 1. The van der Waals surface area contributed by atoms with Crippen LogP contribution in [0.15, 0.2) is 46.9 Å². The van der Waals surface area contributed by atoms with Gasteiger partial charge < -0.3 is 10.2 Å². The van der Waals surface area contributed by atoms with Gasteiger partial charge in [0.2, 0.25) is 11.8 Å². The Labute approximate surface area is 165 Å². The van der Waals surface area contributed by atoms with Crippen LogP contribution in [0.2, 0.25) is 10.0 Å². The first-order chi connectivity index (χ1) is 11.9. The standard InChI is InChI=1S/C18H17BrCl2N2O2/c1-2-23(17(25)10-12-6-8-13(19)9-7-12)11-16(24)22-18-14(20)4-3-5-15(18)21/h3-9H,2,10-11H2,1H3,(H,22,24). The van der Waals surface area contributed by atoms with E-state index in [1.54, 1.807) is 18.2 Å². The van der Waals surface area contributed by atoms with Crippen LogP contribution >= 0.6 is 39.1 Å². The van der Waals surface area contributed by atoms with E-state index >= 15 is 0 Å². The summed E-state index contributed by atoms with van der Waals surface area (Å²) >= 11 is 15.4. The number of carbonyl (C=O) groups is 2. The third-order valence-corrected chi connectivity index (χ3v) is 4.72. The fourth-order valence-corrected chi connectivity index (χ4v) is 2.99. The van der Waals surface area contributed by atoms with Gasteiger partial charge in [0.05, 0.1) is 28.7 Å². The molecule has 0 saturated heterocycles. The van der Waals surface area contributed by atoms with Crippen molar-refractivity contribution in [3.8, 4) is 0 Å². The molecule has 0 heterocycles. The molecule has 0 radical (unpaired) electrons. The minimum Gasteiger partial charge on any atom is -0.333 e. The molecule has 0 aliphatic carbocycles. The molecule has 0 spiro atoms. The van der Waals surface area contributed by atoms with Crippen LogP contribution in [0.5, 0.6) is 0 Å². The van der Waals surface area contributed by atoms with E-state index in [0.717, 1.165) is 10.0 Å². The Bertz CT molecular complexity index is 746. The summed E-state index contributed by atoms with van der Waals surface area (Å²) < 4.78 is 0.951. The molecular formula is C18H17BrCl2N2O2. The molecule has 1 N–H and O–H groups in total. The summed E-state index contributed by atoms with van der Waals surface area (Å²) in [5.41, 5.74) is 1.24.